The zero-order valence-corrected chi connectivity index (χ0v) is 14.6. The Labute approximate surface area is 127 Å². The number of halogens is 3. The van der Waals surface area contributed by atoms with Gasteiger partial charge in [-0.25, -0.2) is 0 Å². The standard InChI is InChI=1S/C16H30F3NO/c1-9-15(16(17,18)19,10-14(6,7)8)13(21)20(11(2)3)12(4)5/h11-12H,9-10H2,1-8H3. The first-order valence-electron chi connectivity index (χ1n) is 7.59. The molecule has 0 rings (SSSR count). The number of carbonyl (C=O) groups excluding carboxylic acids is 1. The lowest BCUT2D eigenvalue weighted by atomic mass is 9.70. The van der Waals surface area contributed by atoms with Gasteiger partial charge in [-0.3, -0.25) is 4.79 Å². The van der Waals surface area contributed by atoms with Gasteiger partial charge < -0.3 is 4.90 Å². The van der Waals surface area contributed by atoms with Crippen LogP contribution >= 0.6 is 0 Å². The summed E-state index contributed by atoms with van der Waals surface area (Å²) in [5, 5.41) is 0. The molecule has 21 heavy (non-hydrogen) atoms. The van der Waals surface area contributed by atoms with Gasteiger partial charge in [-0.05, 0) is 46.0 Å². The van der Waals surface area contributed by atoms with Gasteiger partial charge >= 0.3 is 6.18 Å². The van der Waals surface area contributed by atoms with Gasteiger partial charge in [0, 0.05) is 12.1 Å². The molecular weight excluding hydrogens is 279 g/mol. The molecule has 2 nitrogen and oxygen atoms in total. The second-order valence-electron chi connectivity index (χ2n) is 7.57. The van der Waals surface area contributed by atoms with Crippen LogP contribution in [0.4, 0.5) is 13.2 Å². The van der Waals surface area contributed by atoms with Crippen LogP contribution in [0.1, 0.15) is 68.2 Å². The van der Waals surface area contributed by atoms with Crippen LogP contribution in [0.25, 0.3) is 0 Å². The number of nitrogens with zero attached hydrogens (tertiary/aromatic N) is 1. The van der Waals surface area contributed by atoms with E-state index in [0.29, 0.717) is 0 Å². The van der Waals surface area contributed by atoms with Gasteiger partial charge in [-0.1, -0.05) is 27.7 Å². The number of hydrogen-bond acceptors (Lipinski definition) is 1. The summed E-state index contributed by atoms with van der Waals surface area (Å²) in [6.45, 7) is 13.7. The zero-order valence-electron chi connectivity index (χ0n) is 14.6. The summed E-state index contributed by atoms with van der Waals surface area (Å²) < 4.78 is 41.4. The molecule has 0 fully saturated rings. The average Bonchev–Trinajstić information content (AvgIpc) is 2.21. The van der Waals surface area contributed by atoms with Crippen molar-refractivity contribution in [3.05, 3.63) is 0 Å². The molecule has 0 aliphatic carbocycles. The van der Waals surface area contributed by atoms with E-state index in [4.69, 9.17) is 0 Å². The van der Waals surface area contributed by atoms with Gasteiger partial charge in [0.2, 0.25) is 5.91 Å². The molecule has 5 heteroatoms. The Morgan fingerprint density at radius 2 is 1.38 bits per heavy atom. The maximum absolute atomic E-state index is 13.8. The summed E-state index contributed by atoms with van der Waals surface area (Å²) in [5.74, 6) is -0.794. The lowest BCUT2D eigenvalue weighted by molar-refractivity contribution is -0.237. The van der Waals surface area contributed by atoms with Gasteiger partial charge in [0.25, 0.3) is 0 Å². The largest absolute Gasteiger partial charge is 0.403 e. The zero-order chi connectivity index (χ0) is 17.2. The Bertz CT molecular complexity index is 348. The molecule has 0 bridgehead atoms. The Morgan fingerprint density at radius 1 is 1.00 bits per heavy atom. The predicted molar refractivity (Wildman–Crippen MR) is 80.0 cm³/mol. The highest BCUT2D eigenvalue weighted by Crippen LogP contribution is 2.50. The number of amides is 1. The molecule has 0 N–H and O–H groups in total. The van der Waals surface area contributed by atoms with E-state index in [1.807, 2.05) is 0 Å². The molecule has 0 radical (unpaired) electrons. The van der Waals surface area contributed by atoms with Crippen molar-refractivity contribution in [2.45, 2.75) is 86.5 Å². The smallest absolute Gasteiger partial charge is 0.337 e. The first kappa shape index (κ1) is 20.3. The molecule has 0 aliphatic rings. The van der Waals surface area contributed by atoms with Crippen LogP contribution in [0.15, 0.2) is 0 Å². The Kier molecular flexibility index (Phi) is 6.34. The van der Waals surface area contributed by atoms with Crippen molar-refractivity contribution in [1.82, 2.24) is 4.90 Å². The van der Waals surface area contributed by atoms with Crippen molar-refractivity contribution in [1.29, 1.82) is 0 Å². The SMILES string of the molecule is CCC(CC(C)(C)C)(C(=O)N(C(C)C)C(C)C)C(F)(F)F. The lowest BCUT2D eigenvalue weighted by Crippen LogP contribution is -2.57. The van der Waals surface area contributed by atoms with Crippen LogP contribution in [0, 0.1) is 10.8 Å². The van der Waals surface area contributed by atoms with Gasteiger partial charge in [0.1, 0.15) is 5.41 Å². The lowest BCUT2D eigenvalue weighted by Gasteiger charge is -2.44. The quantitative estimate of drug-likeness (QED) is 0.697. The van der Waals surface area contributed by atoms with Crippen molar-refractivity contribution >= 4 is 5.91 Å². The van der Waals surface area contributed by atoms with Gasteiger partial charge in [-0.2, -0.15) is 13.2 Å². The minimum atomic E-state index is -4.55. The van der Waals surface area contributed by atoms with E-state index < -0.39 is 22.9 Å². The molecule has 0 spiro atoms. The van der Waals surface area contributed by atoms with E-state index in [1.54, 1.807) is 48.5 Å². The van der Waals surface area contributed by atoms with Crippen molar-refractivity contribution in [3.8, 4) is 0 Å². The molecule has 1 unspecified atom stereocenters. The molecular formula is C16H30F3NO. The third kappa shape index (κ3) is 4.62. The van der Waals surface area contributed by atoms with E-state index in [1.165, 1.54) is 11.8 Å². The molecule has 0 saturated heterocycles. The minimum absolute atomic E-state index is 0.200. The summed E-state index contributed by atoms with van der Waals surface area (Å²) in [7, 11) is 0. The summed E-state index contributed by atoms with van der Waals surface area (Å²) in [6, 6.07) is -0.517. The van der Waals surface area contributed by atoms with Crippen LogP contribution in [-0.4, -0.2) is 29.1 Å². The highest BCUT2D eigenvalue weighted by Gasteiger charge is 2.61. The van der Waals surface area contributed by atoms with Crippen molar-refractivity contribution < 1.29 is 18.0 Å². The second kappa shape index (κ2) is 6.57. The van der Waals surface area contributed by atoms with Crippen LogP contribution < -0.4 is 0 Å². The Balaban J connectivity index is 5.96. The monoisotopic (exact) mass is 309 g/mol. The van der Waals surface area contributed by atoms with Crippen molar-refractivity contribution in [2.75, 3.05) is 0 Å². The van der Waals surface area contributed by atoms with E-state index >= 15 is 0 Å². The third-order valence-electron chi connectivity index (χ3n) is 3.73. The Morgan fingerprint density at radius 3 is 1.57 bits per heavy atom. The average molecular weight is 309 g/mol. The topological polar surface area (TPSA) is 20.3 Å². The fraction of sp³-hybridized carbons (Fsp3) is 0.938. The van der Waals surface area contributed by atoms with Crippen LogP contribution in [0.5, 0.6) is 0 Å². The molecule has 126 valence electrons. The second-order valence-corrected chi connectivity index (χ2v) is 7.57. The molecule has 1 amide bonds. The van der Waals surface area contributed by atoms with E-state index in [2.05, 4.69) is 0 Å². The number of alkyl halides is 3. The number of carbonyl (C=O) groups is 1. The molecule has 0 aromatic rings. The fourth-order valence-electron chi connectivity index (χ4n) is 2.99. The molecule has 0 saturated carbocycles. The third-order valence-corrected chi connectivity index (χ3v) is 3.73. The van der Waals surface area contributed by atoms with Gasteiger partial charge in [-0.15, -0.1) is 0 Å². The van der Waals surface area contributed by atoms with Crippen LogP contribution in [-0.2, 0) is 4.79 Å². The highest BCUT2D eigenvalue weighted by molar-refractivity contribution is 5.84. The normalized spacial score (nSPS) is 16.2. The molecule has 0 aliphatic heterocycles. The van der Waals surface area contributed by atoms with E-state index in [9.17, 15) is 18.0 Å². The first-order chi connectivity index (χ1) is 9.19. The molecule has 1 atom stereocenters. The molecule has 0 heterocycles. The van der Waals surface area contributed by atoms with Crippen LogP contribution in [0.3, 0.4) is 0 Å². The van der Waals surface area contributed by atoms with E-state index in [-0.39, 0.29) is 24.9 Å². The number of hydrogen-bond donors (Lipinski definition) is 0. The molecule has 0 aromatic carbocycles. The summed E-state index contributed by atoms with van der Waals surface area (Å²) in [6.07, 6.45) is -4.98. The highest BCUT2D eigenvalue weighted by atomic mass is 19.4. The Hall–Kier alpha value is -0.740. The maximum Gasteiger partial charge on any atom is 0.403 e. The van der Waals surface area contributed by atoms with Crippen molar-refractivity contribution in [2.24, 2.45) is 10.8 Å². The summed E-state index contributed by atoms with van der Waals surface area (Å²) in [5.41, 5.74) is -2.89. The molecule has 0 aromatic heterocycles. The minimum Gasteiger partial charge on any atom is -0.337 e. The van der Waals surface area contributed by atoms with Gasteiger partial charge in [0.15, 0.2) is 0 Å². The van der Waals surface area contributed by atoms with E-state index in [0.717, 1.165) is 0 Å². The van der Waals surface area contributed by atoms with Crippen molar-refractivity contribution in [3.63, 3.8) is 0 Å². The first-order valence-corrected chi connectivity index (χ1v) is 7.59. The van der Waals surface area contributed by atoms with Gasteiger partial charge in [0.05, 0.1) is 0 Å². The maximum atomic E-state index is 13.8. The fourth-order valence-corrected chi connectivity index (χ4v) is 2.99. The summed E-state index contributed by atoms with van der Waals surface area (Å²) in [4.78, 5) is 14.2. The van der Waals surface area contributed by atoms with Crippen LogP contribution in [0.2, 0.25) is 0 Å². The number of rotatable bonds is 5. The predicted octanol–water partition coefficient (Wildman–Crippen LogP) is 5.03. The summed E-state index contributed by atoms with van der Waals surface area (Å²) >= 11 is 0.